The number of halogens is 1. The maximum atomic E-state index is 5.07. The van der Waals surface area contributed by atoms with Crippen molar-refractivity contribution >= 4 is 34.6 Å². The third-order valence-electron chi connectivity index (χ3n) is 0.821. The van der Waals surface area contributed by atoms with Gasteiger partial charge in [-0.25, -0.2) is 10.8 Å². The summed E-state index contributed by atoms with van der Waals surface area (Å²) in [5, 5.41) is 0. The Morgan fingerprint density at radius 1 is 1.78 bits per heavy atom. The lowest BCUT2D eigenvalue weighted by atomic mass is 10.8. The molecule has 0 aromatic carbocycles. The summed E-state index contributed by atoms with van der Waals surface area (Å²) >= 11 is 1.97. The Balaban J connectivity index is 2.74. The van der Waals surface area contributed by atoms with Gasteiger partial charge < -0.3 is 10.4 Å². The SMILES string of the molecule is NNc1cnc(NI)[nH]1. The molecule has 5 nitrogen and oxygen atoms in total. The second kappa shape index (κ2) is 2.87. The Hall–Kier alpha value is -0.500. The number of anilines is 2. The molecule has 0 aliphatic heterocycles. The van der Waals surface area contributed by atoms with Gasteiger partial charge in [0.05, 0.1) is 29.1 Å². The Morgan fingerprint density at radius 2 is 2.56 bits per heavy atom. The minimum atomic E-state index is 0.684. The zero-order chi connectivity index (χ0) is 6.69. The minimum Gasteiger partial charge on any atom is -0.310 e. The number of H-pyrrole nitrogens is 1. The third kappa shape index (κ3) is 1.45. The van der Waals surface area contributed by atoms with Crippen LogP contribution in [0.4, 0.5) is 11.8 Å². The van der Waals surface area contributed by atoms with Crippen molar-refractivity contribution in [3.63, 3.8) is 0 Å². The summed E-state index contributed by atoms with van der Waals surface area (Å²) in [6.45, 7) is 0. The number of nitrogens with two attached hydrogens (primary N) is 1. The van der Waals surface area contributed by atoms with E-state index < -0.39 is 0 Å². The monoisotopic (exact) mass is 239 g/mol. The van der Waals surface area contributed by atoms with Crippen LogP contribution in [0.15, 0.2) is 6.20 Å². The first-order valence-electron chi connectivity index (χ1n) is 2.25. The van der Waals surface area contributed by atoms with E-state index in [1.165, 1.54) is 0 Å². The lowest BCUT2D eigenvalue weighted by molar-refractivity contribution is 1.27. The van der Waals surface area contributed by atoms with Gasteiger partial charge in [0.25, 0.3) is 0 Å². The first-order chi connectivity index (χ1) is 4.36. The molecule has 5 N–H and O–H groups in total. The van der Waals surface area contributed by atoms with Crippen LogP contribution < -0.4 is 14.8 Å². The summed E-state index contributed by atoms with van der Waals surface area (Å²) < 4.78 is 2.79. The molecule has 0 atom stereocenters. The van der Waals surface area contributed by atoms with Crippen LogP contribution >= 0.6 is 22.9 Å². The lowest BCUT2D eigenvalue weighted by Gasteiger charge is -1.90. The highest BCUT2D eigenvalue weighted by molar-refractivity contribution is 14.1. The van der Waals surface area contributed by atoms with Crippen molar-refractivity contribution in [2.24, 2.45) is 5.84 Å². The summed E-state index contributed by atoms with van der Waals surface area (Å²) in [5.74, 6) is 6.44. The van der Waals surface area contributed by atoms with E-state index in [1.807, 2.05) is 22.9 Å². The highest BCUT2D eigenvalue weighted by Gasteiger charge is 1.93. The predicted octanol–water partition coefficient (Wildman–Crippen LogP) is 0.457. The van der Waals surface area contributed by atoms with Gasteiger partial charge in [0.1, 0.15) is 5.82 Å². The largest absolute Gasteiger partial charge is 0.310 e. The number of hydrogen-bond acceptors (Lipinski definition) is 4. The van der Waals surface area contributed by atoms with Gasteiger partial charge in [0, 0.05) is 0 Å². The van der Waals surface area contributed by atoms with Gasteiger partial charge in [0.15, 0.2) is 0 Å². The second-order valence-corrected chi connectivity index (χ2v) is 1.92. The quantitative estimate of drug-likeness (QED) is 0.261. The number of rotatable bonds is 2. The van der Waals surface area contributed by atoms with Gasteiger partial charge in [0.2, 0.25) is 5.95 Å². The summed E-state index contributed by atoms with van der Waals surface area (Å²) in [4.78, 5) is 6.74. The van der Waals surface area contributed by atoms with E-state index in [2.05, 4.69) is 18.9 Å². The van der Waals surface area contributed by atoms with E-state index >= 15 is 0 Å². The molecule has 0 amide bonds. The molecule has 9 heavy (non-hydrogen) atoms. The number of hydrogen-bond donors (Lipinski definition) is 4. The smallest absolute Gasteiger partial charge is 0.210 e. The molecule has 1 aromatic rings. The number of nitrogens with one attached hydrogen (secondary N) is 3. The topological polar surface area (TPSA) is 78.8 Å². The van der Waals surface area contributed by atoms with Gasteiger partial charge >= 0.3 is 0 Å². The Bertz CT molecular complexity index is 166. The van der Waals surface area contributed by atoms with Crippen LogP contribution in [0.3, 0.4) is 0 Å². The number of imidazole rings is 1. The number of hydrazine groups is 1. The summed E-state index contributed by atoms with van der Waals surface area (Å²) in [6.07, 6.45) is 1.60. The number of aromatic nitrogens is 2. The number of aromatic amines is 1. The molecule has 0 fully saturated rings. The van der Waals surface area contributed by atoms with E-state index in [4.69, 9.17) is 5.84 Å². The van der Waals surface area contributed by atoms with Gasteiger partial charge in [-0.05, 0) is 0 Å². The molecule has 50 valence electrons. The first-order valence-corrected chi connectivity index (χ1v) is 3.33. The zero-order valence-corrected chi connectivity index (χ0v) is 6.64. The molecule has 0 saturated heterocycles. The van der Waals surface area contributed by atoms with Crippen LogP contribution in [-0.4, -0.2) is 9.97 Å². The van der Waals surface area contributed by atoms with Crippen LogP contribution in [0.1, 0.15) is 0 Å². The minimum absolute atomic E-state index is 0.684. The second-order valence-electron chi connectivity index (χ2n) is 1.38. The van der Waals surface area contributed by atoms with E-state index in [-0.39, 0.29) is 0 Å². The van der Waals surface area contributed by atoms with Crippen molar-refractivity contribution in [1.82, 2.24) is 9.97 Å². The maximum Gasteiger partial charge on any atom is 0.210 e. The molecule has 0 saturated carbocycles. The van der Waals surface area contributed by atoms with Crippen molar-refractivity contribution in [2.75, 3.05) is 8.96 Å². The Kier molecular flexibility index (Phi) is 2.11. The Labute approximate surface area is 65.9 Å². The molecular weight excluding hydrogens is 233 g/mol. The van der Waals surface area contributed by atoms with E-state index in [0.29, 0.717) is 11.8 Å². The fourth-order valence-corrected chi connectivity index (χ4v) is 0.717. The van der Waals surface area contributed by atoms with Gasteiger partial charge in [-0.3, -0.25) is 3.53 Å². The summed E-state index contributed by atoms with van der Waals surface area (Å²) in [7, 11) is 0. The third-order valence-corrected chi connectivity index (χ3v) is 1.33. The van der Waals surface area contributed by atoms with Crippen LogP contribution in [0, 0.1) is 0 Å². The normalized spacial score (nSPS) is 9.11. The van der Waals surface area contributed by atoms with Gasteiger partial charge in [-0.2, -0.15) is 0 Å². The highest BCUT2D eigenvalue weighted by Crippen LogP contribution is 2.06. The van der Waals surface area contributed by atoms with Crippen molar-refractivity contribution in [2.45, 2.75) is 0 Å². The molecule has 1 aromatic heterocycles. The molecular formula is C3H6IN5. The van der Waals surface area contributed by atoms with E-state index in [0.717, 1.165) is 0 Å². The van der Waals surface area contributed by atoms with Crippen LogP contribution in [0.5, 0.6) is 0 Å². The number of nitrogens with zero attached hydrogens (tertiary/aromatic N) is 1. The molecule has 0 aliphatic carbocycles. The molecule has 0 unspecified atom stereocenters. The standard InChI is InChI=1S/C3H6IN5/c4-8-3-6-1-2(7-3)9-5/h1,9H,5H2,(H2,6,7,8). The van der Waals surface area contributed by atoms with E-state index in [1.54, 1.807) is 6.20 Å². The molecule has 1 heterocycles. The molecule has 0 bridgehead atoms. The Morgan fingerprint density at radius 3 is 2.89 bits per heavy atom. The highest BCUT2D eigenvalue weighted by atomic mass is 127. The van der Waals surface area contributed by atoms with Crippen molar-refractivity contribution in [3.05, 3.63) is 6.20 Å². The van der Waals surface area contributed by atoms with Crippen molar-refractivity contribution in [3.8, 4) is 0 Å². The van der Waals surface area contributed by atoms with Crippen LogP contribution in [-0.2, 0) is 0 Å². The molecule has 0 aliphatic rings. The molecule has 6 heteroatoms. The van der Waals surface area contributed by atoms with E-state index in [9.17, 15) is 0 Å². The summed E-state index contributed by atoms with van der Waals surface area (Å²) in [5.41, 5.74) is 2.42. The van der Waals surface area contributed by atoms with Crippen molar-refractivity contribution < 1.29 is 0 Å². The average molecular weight is 239 g/mol. The molecule has 0 radical (unpaired) electrons. The summed E-state index contributed by atoms with van der Waals surface area (Å²) in [6, 6.07) is 0. The lowest BCUT2D eigenvalue weighted by Crippen LogP contribution is -2.06. The predicted molar refractivity (Wildman–Crippen MR) is 44.0 cm³/mol. The first kappa shape index (κ1) is 6.62. The van der Waals surface area contributed by atoms with Gasteiger partial charge in [-0.1, -0.05) is 0 Å². The zero-order valence-electron chi connectivity index (χ0n) is 4.48. The maximum absolute atomic E-state index is 5.07. The number of nitrogen functional groups attached to an aromatic ring is 1. The molecule has 1 rings (SSSR count). The van der Waals surface area contributed by atoms with Crippen LogP contribution in [0.25, 0.3) is 0 Å². The average Bonchev–Trinajstić information content (AvgIpc) is 2.34. The van der Waals surface area contributed by atoms with Gasteiger partial charge in [-0.15, -0.1) is 0 Å². The fraction of sp³-hybridized carbons (Fsp3) is 0. The van der Waals surface area contributed by atoms with Crippen molar-refractivity contribution in [1.29, 1.82) is 0 Å². The fourth-order valence-electron chi connectivity index (χ4n) is 0.443. The van der Waals surface area contributed by atoms with Crippen LogP contribution in [0.2, 0.25) is 0 Å². The molecule has 0 spiro atoms.